The lowest BCUT2D eigenvalue weighted by molar-refractivity contribution is 0.102. The quantitative estimate of drug-likeness (QED) is 0.797. The number of amides is 1. The highest BCUT2D eigenvalue weighted by atomic mass is 16.5. The zero-order valence-corrected chi connectivity index (χ0v) is 12.3. The molecule has 3 aromatic rings. The number of pyridine rings is 2. The number of nitrogens with one attached hydrogen (secondary N) is 1. The molecule has 0 fully saturated rings. The van der Waals surface area contributed by atoms with Crippen LogP contribution >= 0.6 is 0 Å². The van der Waals surface area contributed by atoms with Crippen molar-refractivity contribution < 1.29 is 9.53 Å². The number of rotatable bonds is 4. The van der Waals surface area contributed by atoms with E-state index in [-0.39, 0.29) is 5.91 Å². The van der Waals surface area contributed by atoms with Crippen molar-refractivity contribution in [2.24, 2.45) is 0 Å². The summed E-state index contributed by atoms with van der Waals surface area (Å²) in [6, 6.07) is 5.20. The Kier molecular flexibility index (Phi) is 4.19. The lowest BCUT2D eigenvalue weighted by atomic mass is 10.2. The van der Waals surface area contributed by atoms with Crippen molar-refractivity contribution in [3.63, 3.8) is 0 Å². The number of hydrogen-bond donors (Lipinski definition) is 1. The predicted octanol–water partition coefficient (Wildman–Crippen LogP) is 2.62. The van der Waals surface area contributed by atoms with Crippen LogP contribution in [0.5, 0.6) is 11.5 Å². The van der Waals surface area contributed by atoms with E-state index in [1.807, 2.05) is 13.0 Å². The summed E-state index contributed by atoms with van der Waals surface area (Å²) in [5, 5.41) is 2.74. The van der Waals surface area contributed by atoms with Gasteiger partial charge in [0.05, 0.1) is 30.5 Å². The van der Waals surface area contributed by atoms with Gasteiger partial charge in [-0.3, -0.25) is 14.8 Å². The van der Waals surface area contributed by atoms with Gasteiger partial charge in [-0.1, -0.05) is 0 Å². The van der Waals surface area contributed by atoms with E-state index in [0.717, 1.165) is 5.56 Å². The van der Waals surface area contributed by atoms with Gasteiger partial charge in [0.1, 0.15) is 17.8 Å². The first-order valence-corrected chi connectivity index (χ1v) is 6.82. The fraction of sp³-hybridized carbons (Fsp3) is 0.0625. The molecule has 0 bridgehead atoms. The first-order chi connectivity index (χ1) is 11.2. The van der Waals surface area contributed by atoms with E-state index in [0.29, 0.717) is 22.9 Å². The highest BCUT2D eigenvalue weighted by Crippen LogP contribution is 2.21. The van der Waals surface area contributed by atoms with Gasteiger partial charge in [-0.05, 0) is 24.6 Å². The fourth-order valence-electron chi connectivity index (χ4n) is 1.87. The minimum Gasteiger partial charge on any atom is -0.452 e. The summed E-state index contributed by atoms with van der Waals surface area (Å²) in [5.41, 5.74) is 1.81. The predicted molar refractivity (Wildman–Crippen MR) is 83.3 cm³/mol. The van der Waals surface area contributed by atoms with Crippen LogP contribution in [0.4, 0.5) is 5.69 Å². The minimum absolute atomic E-state index is 0.310. The summed E-state index contributed by atoms with van der Waals surface area (Å²) in [7, 11) is 0. The second-order valence-corrected chi connectivity index (χ2v) is 4.76. The Morgan fingerprint density at radius 3 is 2.61 bits per heavy atom. The molecule has 7 heteroatoms. The Morgan fingerprint density at radius 1 is 1.04 bits per heavy atom. The molecule has 0 unspecified atom stereocenters. The Morgan fingerprint density at radius 2 is 1.83 bits per heavy atom. The molecule has 0 saturated heterocycles. The Bertz CT molecular complexity index is 823. The van der Waals surface area contributed by atoms with Crippen molar-refractivity contribution in [1.29, 1.82) is 0 Å². The third kappa shape index (κ3) is 3.85. The largest absolute Gasteiger partial charge is 0.452 e. The van der Waals surface area contributed by atoms with E-state index >= 15 is 0 Å². The maximum Gasteiger partial charge on any atom is 0.274 e. The summed E-state index contributed by atoms with van der Waals surface area (Å²) in [4.78, 5) is 28.0. The third-order valence-corrected chi connectivity index (χ3v) is 2.89. The number of aromatic nitrogens is 4. The molecule has 1 amide bonds. The summed E-state index contributed by atoms with van der Waals surface area (Å²) in [6.45, 7) is 1.90. The van der Waals surface area contributed by atoms with Crippen LogP contribution in [0.15, 0.2) is 55.5 Å². The zero-order chi connectivity index (χ0) is 16.1. The normalized spacial score (nSPS) is 10.1. The van der Waals surface area contributed by atoms with Crippen molar-refractivity contribution >= 4 is 11.6 Å². The fourth-order valence-corrected chi connectivity index (χ4v) is 1.87. The molecule has 3 aromatic heterocycles. The zero-order valence-electron chi connectivity index (χ0n) is 12.3. The van der Waals surface area contributed by atoms with E-state index in [1.54, 1.807) is 18.3 Å². The molecular formula is C16H13N5O2. The number of carbonyl (C=O) groups is 1. The average Bonchev–Trinajstić information content (AvgIpc) is 2.56. The van der Waals surface area contributed by atoms with Crippen molar-refractivity contribution in [2.75, 3.05) is 5.32 Å². The Balaban J connectivity index is 1.74. The van der Waals surface area contributed by atoms with Crippen LogP contribution < -0.4 is 10.1 Å². The molecule has 0 aromatic carbocycles. The van der Waals surface area contributed by atoms with Gasteiger partial charge < -0.3 is 10.1 Å². The van der Waals surface area contributed by atoms with Crippen molar-refractivity contribution in [3.8, 4) is 11.5 Å². The van der Waals surface area contributed by atoms with Crippen LogP contribution in [0.25, 0.3) is 0 Å². The van der Waals surface area contributed by atoms with Crippen molar-refractivity contribution in [3.05, 3.63) is 66.8 Å². The molecule has 23 heavy (non-hydrogen) atoms. The van der Waals surface area contributed by atoms with Crippen LogP contribution in [-0.4, -0.2) is 25.8 Å². The summed E-state index contributed by atoms with van der Waals surface area (Å²) in [5.74, 6) is 0.642. The minimum atomic E-state index is -0.310. The lowest BCUT2D eigenvalue weighted by Gasteiger charge is -2.08. The summed E-state index contributed by atoms with van der Waals surface area (Å²) < 4.78 is 5.57. The molecule has 0 radical (unpaired) electrons. The third-order valence-electron chi connectivity index (χ3n) is 2.89. The van der Waals surface area contributed by atoms with Gasteiger partial charge in [0.25, 0.3) is 5.91 Å². The maximum atomic E-state index is 12.2. The van der Waals surface area contributed by atoms with Gasteiger partial charge in [-0.2, -0.15) is 0 Å². The molecule has 3 rings (SSSR count). The molecule has 3 heterocycles. The molecule has 0 spiro atoms. The first-order valence-electron chi connectivity index (χ1n) is 6.82. The first kappa shape index (κ1) is 14.6. The second-order valence-electron chi connectivity index (χ2n) is 4.76. The molecule has 114 valence electrons. The molecule has 7 nitrogen and oxygen atoms in total. The molecule has 0 saturated carbocycles. The standard InChI is InChI=1S/C16H13N5O2/c1-11-2-3-20-15(4-11)16(22)21-12-5-13(7-17-6-12)23-14-8-18-10-19-9-14/h2-10H,1H3,(H,21,22). The van der Waals surface area contributed by atoms with Crippen LogP contribution in [0, 0.1) is 6.92 Å². The number of nitrogens with zero attached hydrogens (tertiary/aromatic N) is 4. The Labute approximate surface area is 132 Å². The van der Waals surface area contributed by atoms with Crippen LogP contribution in [0.2, 0.25) is 0 Å². The Hall–Kier alpha value is -3.35. The topological polar surface area (TPSA) is 89.9 Å². The van der Waals surface area contributed by atoms with E-state index < -0.39 is 0 Å². The molecule has 0 atom stereocenters. The van der Waals surface area contributed by atoms with Gasteiger partial charge in [0, 0.05) is 12.3 Å². The maximum absolute atomic E-state index is 12.2. The van der Waals surface area contributed by atoms with Gasteiger partial charge in [0.2, 0.25) is 0 Å². The van der Waals surface area contributed by atoms with E-state index in [4.69, 9.17) is 4.74 Å². The number of hydrogen-bond acceptors (Lipinski definition) is 6. The number of anilines is 1. The van der Waals surface area contributed by atoms with Crippen LogP contribution in [0.3, 0.4) is 0 Å². The van der Waals surface area contributed by atoms with Crippen LogP contribution in [0.1, 0.15) is 16.1 Å². The molecule has 0 aliphatic carbocycles. The highest BCUT2D eigenvalue weighted by molar-refractivity contribution is 6.02. The van der Waals surface area contributed by atoms with E-state index in [1.165, 1.54) is 31.1 Å². The highest BCUT2D eigenvalue weighted by Gasteiger charge is 2.09. The molecule has 1 N–H and O–H groups in total. The SMILES string of the molecule is Cc1ccnc(C(=O)Nc2cncc(Oc3cncnc3)c2)c1. The number of ether oxygens (including phenoxy) is 1. The molecule has 0 aliphatic heterocycles. The summed E-state index contributed by atoms with van der Waals surface area (Å²) >= 11 is 0. The average molecular weight is 307 g/mol. The van der Waals surface area contributed by atoms with Gasteiger partial charge in [0.15, 0.2) is 5.75 Å². The van der Waals surface area contributed by atoms with Gasteiger partial charge in [-0.25, -0.2) is 9.97 Å². The number of aryl methyl sites for hydroxylation is 1. The number of carbonyl (C=O) groups excluding carboxylic acids is 1. The smallest absolute Gasteiger partial charge is 0.274 e. The van der Waals surface area contributed by atoms with Gasteiger partial charge in [-0.15, -0.1) is 0 Å². The molecule has 0 aliphatic rings. The van der Waals surface area contributed by atoms with Crippen molar-refractivity contribution in [1.82, 2.24) is 19.9 Å². The monoisotopic (exact) mass is 307 g/mol. The second kappa shape index (κ2) is 6.61. The van der Waals surface area contributed by atoms with E-state index in [9.17, 15) is 4.79 Å². The van der Waals surface area contributed by atoms with E-state index in [2.05, 4.69) is 25.3 Å². The summed E-state index contributed by atoms with van der Waals surface area (Å²) in [6.07, 6.45) is 9.15. The van der Waals surface area contributed by atoms with Crippen molar-refractivity contribution in [2.45, 2.75) is 6.92 Å². The van der Waals surface area contributed by atoms with Crippen LogP contribution in [-0.2, 0) is 0 Å². The molecular weight excluding hydrogens is 294 g/mol. The van der Waals surface area contributed by atoms with Gasteiger partial charge >= 0.3 is 0 Å². The lowest BCUT2D eigenvalue weighted by Crippen LogP contribution is -2.13.